The first kappa shape index (κ1) is 26.2. The maximum atomic E-state index is 6.67. The molecule has 6 nitrogen and oxygen atoms in total. The van der Waals surface area contributed by atoms with Gasteiger partial charge in [-0.05, 0) is 94.5 Å². The number of nitrogens with zero attached hydrogens (tertiary/aromatic N) is 5. The fraction of sp³-hybridized carbons (Fsp3) is 0.0976. The minimum Gasteiger partial charge on any atom is -0.457 e. The van der Waals surface area contributed by atoms with Crippen molar-refractivity contribution in [3.63, 3.8) is 0 Å². The minimum absolute atomic E-state index is 0.0422. The number of fused-ring (bicyclic) bond motifs is 16. The van der Waals surface area contributed by atoms with Crippen LogP contribution in [0.1, 0.15) is 26.3 Å². The van der Waals surface area contributed by atoms with Crippen LogP contribution in [-0.2, 0) is 5.41 Å². The molecule has 0 atom stereocenters. The molecule has 0 fully saturated rings. The molecule has 0 amide bonds. The van der Waals surface area contributed by atoms with E-state index in [4.69, 9.17) is 14.7 Å². The van der Waals surface area contributed by atoms with Crippen molar-refractivity contribution in [3.05, 3.63) is 127 Å². The summed E-state index contributed by atoms with van der Waals surface area (Å²) >= 11 is 0. The van der Waals surface area contributed by atoms with Gasteiger partial charge in [-0.25, -0.2) is 9.97 Å². The lowest BCUT2D eigenvalue weighted by atomic mass is 9.83. The Morgan fingerprint density at radius 2 is 1.13 bits per heavy atom. The summed E-state index contributed by atoms with van der Waals surface area (Å²) in [6.07, 6.45) is 3.78. The second-order valence-electron chi connectivity index (χ2n) is 13.4. The number of aromatic nitrogens is 5. The van der Waals surface area contributed by atoms with E-state index in [1.54, 1.807) is 0 Å². The largest absolute Gasteiger partial charge is 0.457 e. The summed E-state index contributed by atoms with van der Waals surface area (Å²) in [6.45, 7) is 6.83. The normalized spacial score (nSPS) is 12.6. The van der Waals surface area contributed by atoms with E-state index >= 15 is 0 Å². The van der Waals surface area contributed by atoms with E-state index in [2.05, 4.69) is 126 Å². The molecule has 0 radical (unpaired) electrons. The van der Waals surface area contributed by atoms with Crippen molar-refractivity contribution in [3.8, 4) is 11.5 Å². The van der Waals surface area contributed by atoms with Crippen LogP contribution in [-0.4, -0.2) is 23.8 Å². The number of ether oxygens (including phenoxy) is 1. The molecule has 0 spiro atoms. The summed E-state index contributed by atoms with van der Waals surface area (Å²) in [5.74, 6) is 1.50. The van der Waals surface area contributed by atoms with Gasteiger partial charge in [-0.2, -0.15) is 0 Å². The number of benzene rings is 5. The fourth-order valence-corrected chi connectivity index (χ4v) is 7.46. The molecule has 0 aliphatic carbocycles. The lowest BCUT2D eigenvalue weighted by Crippen LogP contribution is -2.12. The van der Waals surface area contributed by atoms with E-state index in [1.165, 1.54) is 16.3 Å². The molecule has 5 aromatic heterocycles. The van der Waals surface area contributed by atoms with Crippen LogP contribution in [0, 0.1) is 0 Å². The molecular weight excluding hydrogens is 578 g/mol. The van der Waals surface area contributed by atoms with Crippen LogP contribution in [0.2, 0.25) is 0 Å². The van der Waals surface area contributed by atoms with Gasteiger partial charge in [0.25, 0.3) is 0 Å². The molecule has 0 aliphatic heterocycles. The number of hydrogen-bond acceptors (Lipinski definition) is 4. The van der Waals surface area contributed by atoms with Gasteiger partial charge in [0.05, 0.1) is 33.1 Å². The van der Waals surface area contributed by atoms with Crippen molar-refractivity contribution in [2.45, 2.75) is 26.2 Å². The van der Waals surface area contributed by atoms with Crippen LogP contribution in [0.3, 0.4) is 0 Å². The van der Waals surface area contributed by atoms with Gasteiger partial charge in [0.15, 0.2) is 0 Å². The van der Waals surface area contributed by atoms with Gasteiger partial charge in [0.2, 0.25) is 0 Å². The zero-order chi connectivity index (χ0) is 31.4. The summed E-state index contributed by atoms with van der Waals surface area (Å²) in [5, 5.41) is 6.66. The van der Waals surface area contributed by atoms with Crippen LogP contribution >= 0.6 is 0 Å². The number of imidazole rings is 2. The van der Waals surface area contributed by atoms with E-state index in [0.29, 0.717) is 0 Å². The molecular formula is C41H29N5O. The van der Waals surface area contributed by atoms with Gasteiger partial charge in [0.1, 0.15) is 22.8 Å². The summed E-state index contributed by atoms with van der Waals surface area (Å²) in [7, 11) is 0. The molecule has 0 saturated heterocycles. The molecule has 0 saturated carbocycles. The van der Waals surface area contributed by atoms with Gasteiger partial charge in [-0.15, -0.1) is 0 Å². The molecule has 0 unspecified atom stereocenters. The van der Waals surface area contributed by atoms with Crippen molar-refractivity contribution in [1.82, 2.24) is 23.8 Å². The van der Waals surface area contributed by atoms with Crippen molar-refractivity contribution in [2.24, 2.45) is 0 Å². The first-order valence-corrected chi connectivity index (χ1v) is 15.9. The molecule has 10 rings (SSSR count). The van der Waals surface area contributed by atoms with Crippen LogP contribution in [0.4, 0.5) is 0 Å². The van der Waals surface area contributed by atoms with Gasteiger partial charge < -0.3 is 4.74 Å². The summed E-state index contributed by atoms with van der Waals surface area (Å²) in [6, 6.07) is 38.0. The van der Waals surface area contributed by atoms with E-state index in [1.807, 2.05) is 30.6 Å². The van der Waals surface area contributed by atoms with Gasteiger partial charge in [0, 0.05) is 33.9 Å². The Morgan fingerprint density at radius 3 is 1.81 bits per heavy atom. The van der Waals surface area contributed by atoms with Crippen molar-refractivity contribution in [1.29, 1.82) is 0 Å². The molecule has 0 aliphatic rings. The second kappa shape index (κ2) is 9.27. The predicted octanol–water partition coefficient (Wildman–Crippen LogP) is 10.4. The quantitative estimate of drug-likeness (QED) is 0.184. The topological polar surface area (TPSA) is 56.7 Å². The Hall–Kier alpha value is -6.01. The van der Waals surface area contributed by atoms with Crippen LogP contribution < -0.4 is 4.74 Å². The lowest BCUT2D eigenvalue weighted by molar-refractivity contribution is 0.484. The highest BCUT2D eigenvalue weighted by atomic mass is 16.5. The fourth-order valence-electron chi connectivity index (χ4n) is 7.46. The van der Waals surface area contributed by atoms with Gasteiger partial charge in [-0.1, -0.05) is 57.2 Å². The Bertz CT molecular complexity index is 2930. The van der Waals surface area contributed by atoms with Gasteiger partial charge >= 0.3 is 0 Å². The zero-order valence-corrected chi connectivity index (χ0v) is 26.2. The monoisotopic (exact) mass is 607 g/mol. The number of para-hydroxylation sites is 4. The number of hydrogen-bond donors (Lipinski definition) is 0. The molecule has 10 aromatic rings. The smallest absolute Gasteiger partial charge is 0.146 e. The zero-order valence-electron chi connectivity index (χ0n) is 26.2. The van der Waals surface area contributed by atoms with Crippen LogP contribution in [0.15, 0.2) is 122 Å². The number of rotatable bonds is 2. The third kappa shape index (κ3) is 3.69. The Labute approximate surface area is 269 Å². The Morgan fingerprint density at radius 1 is 0.532 bits per heavy atom. The van der Waals surface area contributed by atoms with Crippen molar-refractivity contribution in [2.75, 3.05) is 0 Å². The molecule has 0 N–H and O–H groups in total. The Kier molecular flexibility index (Phi) is 5.17. The summed E-state index contributed by atoms with van der Waals surface area (Å²) in [5.41, 5.74) is 9.42. The molecule has 0 bridgehead atoms. The van der Waals surface area contributed by atoms with E-state index in [-0.39, 0.29) is 5.41 Å². The average Bonchev–Trinajstić information content (AvgIpc) is 3.68. The summed E-state index contributed by atoms with van der Waals surface area (Å²) in [4.78, 5) is 14.7. The second-order valence-corrected chi connectivity index (χ2v) is 13.4. The Balaban J connectivity index is 1.22. The van der Waals surface area contributed by atoms with Crippen molar-refractivity contribution >= 4 is 76.7 Å². The highest BCUT2D eigenvalue weighted by molar-refractivity contribution is 6.16. The molecule has 6 heteroatoms. The first-order valence-electron chi connectivity index (χ1n) is 15.9. The standard InChI is InChI=1S/C41H29N5O/c1-41(2,3)31-9-8-14-37-38(31)27-18-16-25(22-29(27)40-44-33-11-5-7-13-36(33)46(37)40)47-24-15-17-26-28(21-24)39-43-32-10-4-6-12-35(32)45(39)34-19-20-42-23-30(26)34/h4-23H,1-3H3. The van der Waals surface area contributed by atoms with Crippen molar-refractivity contribution < 1.29 is 4.74 Å². The average molecular weight is 608 g/mol. The van der Waals surface area contributed by atoms with Gasteiger partial charge in [-0.3, -0.25) is 13.8 Å². The van der Waals surface area contributed by atoms with E-state index in [9.17, 15) is 0 Å². The maximum Gasteiger partial charge on any atom is 0.146 e. The first-order chi connectivity index (χ1) is 22.9. The highest BCUT2D eigenvalue weighted by Gasteiger charge is 2.22. The van der Waals surface area contributed by atoms with E-state index < -0.39 is 0 Å². The maximum absolute atomic E-state index is 6.67. The third-order valence-corrected chi connectivity index (χ3v) is 9.51. The lowest BCUT2D eigenvalue weighted by Gasteiger charge is -2.23. The molecule has 5 aromatic carbocycles. The number of pyridine rings is 3. The molecule has 5 heterocycles. The minimum atomic E-state index is -0.0422. The van der Waals surface area contributed by atoms with E-state index in [0.717, 1.165) is 77.4 Å². The SMILES string of the molecule is CC(C)(C)c1cccc2c1c1ccc(Oc3ccc4c5cnccc5n5c6ccccc6nc5c4c3)cc1c1nc3ccccc3n21. The molecule has 224 valence electrons. The summed E-state index contributed by atoms with van der Waals surface area (Å²) < 4.78 is 11.2. The third-order valence-electron chi connectivity index (χ3n) is 9.51. The molecule has 47 heavy (non-hydrogen) atoms. The van der Waals surface area contributed by atoms with Crippen LogP contribution in [0.25, 0.3) is 76.7 Å². The highest BCUT2D eigenvalue weighted by Crippen LogP contribution is 2.41. The van der Waals surface area contributed by atoms with Crippen LogP contribution in [0.5, 0.6) is 11.5 Å². The predicted molar refractivity (Wildman–Crippen MR) is 192 cm³/mol.